The van der Waals surface area contributed by atoms with E-state index in [1.807, 2.05) is 27.7 Å². The van der Waals surface area contributed by atoms with Crippen LogP contribution in [0.3, 0.4) is 0 Å². The smallest absolute Gasteiger partial charge is 0.410 e. The number of piperazine rings is 1. The minimum atomic E-state index is -1.48. The molecule has 10 atom stereocenters. The van der Waals surface area contributed by atoms with Crippen molar-refractivity contribution in [2.45, 2.75) is 121 Å². The van der Waals surface area contributed by atoms with Gasteiger partial charge in [0, 0.05) is 44.4 Å². The Labute approximate surface area is 261 Å². The van der Waals surface area contributed by atoms with Gasteiger partial charge in [-0.05, 0) is 51.7 Å². The molecule has 0 spiro atoms. The molecule has 10 unspecified atom stereocenters. The number of allylic oxidation sites excluding steroid dienone is 2. The summed E-state index contributed by atoms with van der Waals surface area (Å²) in [7, 11) is 0. The molecule has 11 nitrogen and oxygen atoms in total. The van der Waals surface area contributed by atoms with Crippen molar-refractivity contribution in [1.29, 1.82) is 0 Å². The molecule has 0 saturated carbocycles. The van der Waals surface area contributed by atoms with Crippen molar-refractivity contribution in [1.82, 2.24) is 10.2 Å². The van der Waals surface area contributed by atoms with Crippen LogP contribution < -0.4 is 5.32 Å². The predicted molar refractivity (Wildman–Crippen MR) is 166 cm³/mol. The molecule has 0 aromatic carbocycles. The summed E-state index contributed by atoms with van der Waals surface area (Å²) >= 11 is 0. The topological polar surface area (TPSA) is 161 Å². The lowest BCUT2D eigenvalue weighted by Crippen LogP contribution is -2.50. The van der Waals surface area contributed by atoms with Gasteiger partial charge in [-0.25, -0.2) is 4.79 Å². The first-order valence-corrected chi connectivity index (χ1v) is 16.0. The van der Waals surface area contributed by atoms with Crippen molar-refractivity contribution in [3.8, 4) is 0 Å². The maximum absolute atomic E-state index is 12.9. The Morgan fingerprint density at radius 3 is 2.66 bits per heavy atom. The van der Waals surface area contributed by atoms with Gasteiger partial charge in [0.15, 0.2) is 6.10 Å². The van der Waals surface area contributed by atoms with Gasteiger partial charge in [-0.15, -0.1) is 0 Å². The fourth-order valence-corrected chi connectivity index (χ4v) is 5.83. The third kappa shape index (κ3) is 10.7. The highest BCUT2D eigenvalue weighted by molar-refractivity contribution is 5.70. The summed E-state index contributed by atoms with van der Waals surface area (Å²) in [5.41, 5.74) is -1.93. The molecule has 0 bridgehead atoms. The van der Waals surface area contributed by atoms with Crippen LogP contribution in [0.25, 0.3) is 0 Å². The van der Waals surface area contributed by atoms with Gasteiger partial charge in [-0.2, -0.15) is 0 Å². The molecule has 2 fully saturated rings. The maximum Gasteiger partial charge on any atom is 0.410 e. The first-order chi connectivity index (χ1) is 20.6. The van der Waals surface area contributed by atoms with E-state index in [4.69, 9.17) is 14.2 Å². The zero-order valence-corrected chi connectivity index (χ0v) is 27.1. The van der Waals surface area contributed by atoms with Crippen LogP contribution in [-0.4, -0.2) is 111 Å². The number of hydrogen-bond donors (Lipinski definition) is 5. The number of nitrogens with zero attached hydrogens (tertiary/aromatic N) is 1. The number of carbonyl (C=O) groups excluding carboxylic acids is 2. The molecule has 0 aromatic rings. The van der Waals surface area contributed by atoms with Gasteiger partial charge in [0.1, 0.15) is 11.7 Å². The highest BCUT2D eigenvalue weighted by Crippen LogP contribution is 2.37. The van der Waals surface area contributed by atoms with E-state index in [0.717, 1.165) is 0 Å². The number of nitrogens with one attached hydrogen (secondary N) is 1. The van der Waals surface area contributed by atoms with Crippen molar-refractivity contribution in [3.63, 3.8) is 0 Å². The molecular weight excluding hydrogens is 568 g/mol. The van der Waals surface area contributed by atoms with Gasteiger partial charge in [0.2, 0.25) is 0 Å². The SMILES string of the molecule is CCC(O)C(C)C1OC1CC(C)(O)C=CC=C(C)C1OC(=O)CC(O)CCC(C)(O)C(OC(=O)N2CCNCC2)C=CC1C. The Kier molecular flexibility index (Phi) is 13.0. The van der Waals surface area contributed by atoms with Crippen molar-refractivity contribution in [2.24, 2.45) is 11.8 Å². The Morgan fingerprint density at radius 1 is 1.32 bits per heavy atom. The van der Waals surface area contributed by atoms with E-state index in [-0.39, 0.29) is 43.3 Å². The molecule has 44 heavy (non-hydrogen) atoms. The lowest BCUT2D eigenvalue weighted by Gasteiger charge is -2.35. The molecular formula is C33H54N2O9. The number of amides is 1. The van der Waals surface area contributed by atoms with E-state index in [2.05, 4.69) is 5.32 Å². The third-order valence-corrected chi connectivity index (χ3v) is 8.97. The second-order valence-electron chi connectivity index (χ2n) is 13.3. The summed E-state index contributed by atoms with van der Waals surface area (Å²) in [4.78, 5) is 27.3. The van der Waals surface area contributed by atoms with E-state index >= 15 is 0 Å². The molecule has 0 aromatic heterocycles. The standard InChI is InChI=1S/C33H54N2O9/c1-7-25(37)23(4)30-26(42-30)20-32(5,40)13-8-9-21(2)29-22(3)10-11-27(43-31(39)35-17-15-34-16-18-35)33(6,41)14-12-24(36)19-28(38)44-29/h8-11,13,22-27,29-30,34,36-37,40-41H,7,12,14-20H2,1-6H3. The van der Waals surface area contributed by atoms with Gasteiger partial charge in [-0.1, -0.05) is 45.1 Å². The number of carbonyl (C=O) groups is 2. The molecule has 3 heterocycles. The second kappa shape index (κ2) is 15.8. The Hall–Kier alpha value is -2.28. The molecule has 250 valence electrons. The van der Waals surface area contributed by atoms with E-state index < -0.39 is 47.7 Å². The third-order valence-electron chi connectivity index (χ3n) is 8.97. The monoisotopic (exact) mass is 622 g/mol. The lowest BCUT2D eigenvalue weighted by atomic mass is 9.88. The molecule has 2 saturated heterocycles. The van der Waals surface area contributed by atoms with E-state index in [0.29, 0.717) is 44.6 Å². The largest absolute Gasteiger partial charge is 0.457 e. The van der Waals surface area contributed by atoms with Crippen molar-refractivity contribution in [2.75, 3.05) is 26.2 Å². The zero-order valence-electron chi connectivity index (χ0n) is 27.1. The van der Waals surface area contributed by atoms with Crippen LogP contribution in [0.5, 0.6) is 0 Å². The lowest BCUT2D eigenvalue weighted by molar-refractivity contribution is -0.151. The first-order valence-electron chi connectivity index (χ1n) is 16.0. The molecule has 3 aliphatic rings. The molecule has 0 radical (unpaired) electrons. The number of aliphatic hydroxyl groups is 4. The van der Waals surface area contributed by atoms with Crippen LogP contribution in [0.15, 0.2) is 36.0 Å². The average Bonchev–Trinajstić information content (AvgIpc) is 3.73. The van der Waals surface area contributed by atoms with Crippen molar-refractivity contribution in [3.05, 3.63) is 36.0 Å². The summed E-state index contributed by atoms with van der Waals surface area (Å²) in [6.45, 7) is 13.1. The van der Waals surface area contributed by atoms with Crippen LogP contribution >= 0.6 is 0 Å². The molecule has 3 rings (SSSR count). The second-order valence-corrected chi connectivity index (χ2v) is 13.3. The van der Waals surface area contributed by atoms with Gasteiger partial charge in [-0.3, -0.25) is 4.79 Å². The summed E-state index contributed by atoms with van der Waals surface area (Å²) in [6.07, 6.45) is 5.68. The normalized spacial score (nSPS) is 35.2. The highest BCUT2D eigenvalue weighted by atomic mass is 16.6. The van der Waals surface area contributed by atoms with E-state index in [9.17, 15) is 30.0 Å². The maximum atomic E-state index is 12.9. The van der Waals surface area contributed by atoms with E-state index in [1.165, 1.54) is 0 Å². The number of hydrogen-bond acceptors (Lipinski definition) is 10. The van der Waals surface area contributed by atoms with Crippen LogP contribution in [0.1, 0.15) is 73.6 Å². The number of cyclic esters (lactones) is 1. The van der Waals surface area contributed by atoms with Gasteiger partial charge in [0.25, 0.3) is 0 Å². The Balaban J connectivity index is 1.74. The molecule has 0 aliphatic carbocycles. The predicted octanol–water partition coefficient (Wildman–Crippen LogP) is 2.61. The van der Waals surface area contributed by atoms with Gasteiger partial charge in [0.05, 0.1) is 36.4 Å². The average molecular weight is 623 g/mol. The highest BCUT2D eigenvalue weighted by Gasteiger charge is 2.47. The number of esters is 1. The summed E-state index contributed by atoms with van der Waals surface area (Å²) in [6, 6.07) is 0. The van der Waals surface area contributed by atoms with Gasteiger partial charge < -0.3 is 44.9 Å². The van der Waals surface area contributed by atoms with E-state index in [1.54, 1.807) is 49.1 Å². The molecule has 5 N–H and O–H groups in total. The molecule has 3 aliphatic heterocycles. The van der Waals surface area contributed by atoms with Crippen LogP contribution in [-0.2, 0) is 19.0 Å². The van der Waals surface area contributed by atoms with Gasteiger partial charge >= 0.3 is 12.1 Å². The van der Waals surface area contributed by atoms with Crippen molar-refractivity contribution >= 4 is 12.1 Å². The van der Waals surface area contributed by atoms with Crippen molar-refractivity contribution < 1.29 is 44.2 Å². The minimum absolute atomic E-state index is 0.00958. The minimum Gasteiger partial charge on any atom is -0.457 e. The van der Waals surface area contributed by atoms with Crippen LogP contribution in [0.2, 0.25) is 0 Å². The fourth-order valence-electron chi connectivity index (χ4n) is 5.83. The number of aliphatic hydroxyl groups excluding tert-OH is 2. The number of rotatable bonds is 9. The molecule has 11 heteroatoms. The molecule has 1 amide bonds. The first kappa shape index (κ1) is 36.2. The summed E-state index contributed by atoms with van der Waals surface area (Å²) in [5, 5.41) is 46.1. The summed E-state index contributed by atoms with van der Waals surface area (Å²) < 4.78 is 17.3. The number of ether oxygens (including phenoxy) is 3. The summed E-state index contributed by atoms with van der Waals surface area (Å²) in [5.74, 6) is -0.942. The quantitative estimate of drug-likeness (QED) is 0.112. The Bertz CT molecular complexity index is 1050. The fraction of sp³-hybridized carbons (Fsp3) is 0.758. The number of epoxide rings is 1. The zero-order chi connectivity index (χ0) is 32.7. The Morgan fingerprint density at radius 2 is 2.00 bits per heavy atom. The van der Waals surface area contributed by atoms with Crippen LogP contribution in [0.4, 0.5) is 4.79 Å². The van der Waals surface area contributed by atoms with Crippen LogP contribution in [0, 0.1) is 11.8 Å².